The van der Waals surface area contributed by atoms with Crippen LogP contribution < -0.4 is 0 Å². The summed E-state index contributed by atoms with van der Waals surface area (Å²) in [4.78, 5) is 0. The molecular weight excluding hydrogens is 236 g/mol. The quantitative estimate of drug-likeness (QED) is 0.403. The summed E-state index contributed by atoms with van der Waals surface area (Å²) in [5.74, 6) is 0.634. The van der Waals surface area contributed by atoms with Gasteiger partial charge >= 0.3 is 0 Å². The second-order valence-electron chi connectivity index (χ2n) is 4.40. The first-order valence-corrected chi connectivity index (χ1v) is 6.76. The van der Waals surface area contributed by atoms with E-state index in [9.17, 15) is 0 Å². The predicted molar refractivity (Wildman–Crippen MR) is 69.3 cm³/mol. The van der Waals surface area contributed by atoms with Crippen molar-refractivity contribution in [2.45, 2.75) is 38.1 Å². The molecule has 17 heavy (non-hydrogen) atoms. The van der Waals surface area contributed by atoms with Crippen LogP contribution in [0.3, 0.4) is 0 Å². The molecule has 1 aliphatic heterocycles. The molecule has 0 bridgehead atoms. The monoisotopic (exact) mass is 254 g/mol. The van der Waals surface area contributed by atoms with Gasteiger partial charge in [-0.2, -0.15) is 0 Å². The zero-order valence-electron chi connectivity index (χ0n) is 9.98. The number of hydrogen-bond donors (Lipinski definition) is 0. The predicted octanol–water partition coefficient (Wildman–Crippen LogP) is 3.38. The lowest BCUT2D eigenvalue weighted by Gasteiger charge is -2.03. The van der Waals surface area contributed by atoms with E-state index in [0.717, 1.165) is 25.9 Å². The Kier molecular flexibility index (Phi) is 5.30. The summed E-state index contributed by atoms with van der Waals surface area (Å²) in [6, 6.07) is 10.3. The van der Waals surface area contributed by atoms with E-state index in [4.69, 9.17) is 21.1 Å². The molecule has 2 nitrogen and oxygen atoms in total. The van der Waals surface area contributed by atoms with Crippen LogP contribution in [-0.2, 0) is 16.1 Å². The number of rotatable bonds is 8. The van der Waals surface area contributed by atoms with Crippen molar-refractivity contribution in [3.05, 3.63) is 35.9 Å². The van der Waals surface area contributed by atoms with Crippen LogP contribution in [0.2, 0.25) is 0 Å². The third-order valence-corrected chi connectivity index (χ3v) is 3.28. The van der Waals surface area contributed by atoms with Crippen molar-refractivity contribution in [3.63, 3.8) is 0 Å². The standard InChI is InChI=1S/C14H19ClO2/c15-10-14-13(17-14)8-4-5-9-16-11-12-6-2-1-3-7-12/h1-3,6-7,13-14H,4-5,8-11H2/t13-,14-/m0/s1. The molecule has 1 aliphatic rings. The molecule has 1 heterocycles. The van der Waals surface area contributed by atoms with Crippen LogP contribution in [0.15, 0.2) is 30.3 Å². The number of epoxide rings is 1. The summed E-state index contributed by atoms with van der Waals surface area (Å²) >= 11 is 5.67. The highest BCUT2D eigenvalue weighted by molar-refractivity contribution is 6.18. The Bertz CT molecular complexity index is 315. The zero-order valence-corrected chi connectivity index (χ0v) is 10.7. The fourth-order valence-corrected chi connectivity index (χ4v) is 2.15. The third kappa shape index (κ3) is 4.66. The zero-order chi connectivity index (χ0) is 11.9. The summed E-state index contributed by atoms with van der Waals surface area (Å²) in [5, 5.41) is 0. The Morgan fingerprint density at radius 3 is 2.65 bits per heavy atom. The van der Waals surface area contributed by atoms with Crippen molar-refractivity contribution in [1.29, 1.82) is 0 Å². The van der Waals surface area contributed by atoms with Crippen LogP contribution in [0.5, 0.6) is 0 Å². The maximum absolute atomic E-state index is 5.67. The highest BCUT2D eigenvalue weighted by atomic mass is 35.5. The second kappa shape index (κ2) is 7.00. The summed E-state index contributed by atoms with van der Waals surface area (Å²) in [6.45, 7) is 1.54. The van der Waals surface area contributed by atoms with Crippen LogP contribution in [0.25, 0.3) is 0 Å². The minimum atomic E-state index is 0.321. The van der Waals surface area contributed by atoms with Crippen LogP contribution in [0.1, 0.15) is 24.8 Å². The molecule has 1 aromatic rings. The topological polar surface area (TPSA) is 21.8 Å². The highest BCUT2D eigenvalue weighted by Gasteiger charge is 2.36. The fourth-order valence-electron chi connectivity index (χ4n) is 1.88. The summed E-state index contributed by atoms with van der Waals surface area (Å²) in [5.41, 5.74) is 1.24. The molecule has 0 radical (unpaired) electrons. The highest BCUT2D eigenvalue weighted by Crippen LogP contribution is 2.27. The van der Waals surface area contributed by atoms with Crippen molar-refractivity contribution in [2.24, 2.45) is 0 Å². The van der Waals surface area contributed by atoms with Gasteiger partial charge in [-0.15, -0.1) is 11.6 Å². The van der Waals surface area contributed by atoms with Gasteiger partial charge < -0.3 is 9.47 Å². The van der Waals surface area contributed by atoms with Crippen molar-refractivity contribution in [2.75, 3.05) is 12.5 Å². The van der Waals surface area contributed by atoms with Gasteiger partial charge in [-0.25, -0.2) is 0 Å². The summed E-state index contributed by atoms with van der Waals surface area (Å²) in [7, 11) is 0. The van der Waals surface area contributed by atoms with Gasteiger partial charge in [-0.1, -0.05) is 30.3 Å². The second-order valence-corrected chi connectivity index (χ2v) is 4.71. The SMILES string of the molecule is ClC[C@@H]1O[C@H]1CCCCOCc1ccccc1. The van der Waals surface area contributed by atoms with E-state index in [0.29, 0.717) is 24.7 Å². The fraction of sp³-hybridized carbons (Fsp3) is 0.571. The Hall–Kier alpha value is -0.570. The number of hydrogen-bond acceptors (Lipinski definition) is 2. The van der Waals surface area contributed by atoms with Crippen molar-refractivity contribution >= 4 is 11.6 Å². The van der Waals surface area contributed by atoms with Crippen LogP contribution in [0, 0.1) is 0 Å². The van der Waals surface area contributed by atoms with Gasteiger partial charge in [0.15, 0.2) is 0 Å². The largest absolute Gasteiger partial charge is 0.377 e. The average Bonchev–Trinajstić information content (AvgIpc) is 3.13. The molecule has 0 unspecified atom stereocenters. The van der Waals surface area contributed by atoms with E-state index in [-0.39, 0.29) is 0 Å². The molecule has 0 N–H and O–H groups in total. The Morgan fingerprint density at radius 1 is 1.12 bits per heavy atom. The normalized spacial score (nSPS) is 22.6. The lowest BCUT2D eigenvalue weighted by molar-refractivity contribution is 0.116. The molecule has 1 saturated heterocycles. The van der Waals surface area contributed by atoms with Gasteiger partial charge in [0.25, 0.3) is 0 Å². The molecule has 0 aromatic heterocycles. The van der Waals surface area contributed by atoms with E-state index in [1.807, 2.05) is 18.2 Å². The minimum Gasteiger partial charge on any atom is -0.377 e. The number of halogens is 1. The average molecular weight is 255 g/mol. The molecule has 2 rings (SSSR count). The molecular formula is C14H19ClO2. The first-order valence-electron chi connectivity index (χ1n) is 6.23. The number of ether oxygens (including phenoxy) is 2. The van der Waals surface area contributed by atoms with Gasteiger partial charge in [0, 0.05) is 6.61 Å². The van der Waals surface area contributed by atoms with Crippen LogP contribution >= 0.6 is 11.6 Å². The Morgan fingerprint density at radius 2 is 1.94 bits per heavy atom. The van der Waals surface area contributed by atoms with E-state index < -0.39 is 0 Å². The smallest absolute Gasteiger partial charge is 0.0976 e. The van der Waals surface area contributed by atoms with Crippen LogP contribution in [0.4, 0.5) is 0 Å². The lowest BCUT2D eigenvalue weighted by atomic mass is 10.2. The maximum atomic E-state index is 5.67. The van der Waals surface area contributed by atoms with E-state index >= 15 is 0 Å². The molecule has 3 heteroatoms. The number of alkyl halides is 1. The molecule has 2 atom stereocenters. The van der Waals surface area contributed by atoms with Crippen molar-refractivity contribution in [3.8, 4) is 0 Å². The maximum Gasteiger partial charge on any atom is 0.0976 e. The van der Waals surface area contributed by atoms with Gasteiger partial charge in [0.1, 0.15) is 0 Å². The minimum absolute atomic E-state index is 0.321. The molecule has 0 saturated carbocycles. The van der Waals surface area contributed by atoms with Crippen molar-refractivity contribution in [1.82, 2.24) is 0 Å². The summed E-state index contributed by atoms with van der Waals surface area (Å²) in [6.07, 6.45) is 4.12. The molecule has 0 aliphatic carbocycles. The Labute approximate surface area is 108 Å². The molecule has 1 fully saturated rings. The first kappa shape index (κ1) is 12.9. The molecule has 0 amide bonds. The van der Waals surface area contributed by atoms with Crippen LogP contribution in [-0.4, -0.2) is 24.7 Å². The van der Waals surface area contributed by atoms with Gasteiger partial charge in [0.05, 0.1) is 24.7 Å². The van der Waals surface area contributed by atoms with E-state index in [1.54, 1.807) is 0 Å². The summed E-state index contributed by atoms with van der Waals surface area (Å²) < 4.78 is 11.0. The molecule has 0 spiro atoms. The first-order chi connectivity index (χ1) is 8.40. The number of unbranched alkanes of at least 4 members (excludes halogenated alkanes) is 1. The molecule has 94 valence electrons. The van der Waals surface area contributed by atoms with E-state index in [2.05, 4.69) is 12.1 Å². The number of benzene rings is 1. The third-order valence-electron chi connectivity index (χ3n) is 2.98. The van der Waals surface area contributed by atoms with Gasteiger partial charge in [0.2, 0.25) is 0 Å². The van der Waals surface area contributed by atoms with Gasteiger partial charge in [-0.05, 0) is 24.8 Å². The molecule has 1 aromatic carbocycles. The Balaban J connectivity index is 1.44. The van der Waals surface area contributed by atoms with Gasteiger partial charge in [-0.3, -0.25) is 0 Å². The lowest BCUT2D eigenvalue weighted by Crippen LogP contribution is -1.98. The van der Waals surface area contributed by atoms with Crippen molar-refractivity contribution < 1.29 is 9.47 Å². The van der Waals surface area contributed by atoms with E-state index in [1.165, 1.54) is 5.56 Å².